The van der Waals surface area contributed by atoms with Gasteiger partial charge in [0.25, 0.3) is 0 Å². The Kier molecular flexibility index (Phi) is 8.92. The lowest BCUT2D eigenvalue weighted by Gasteiger charge is -2.15. The molecule has 0 aliphatic rings. The van der Waals surface area contributed by atoms with E-state index in [2.05, 4.69) is 24.6 Å². The van der Waals surface area contributed by atoms with Crippen LogP contribution in [0.25, 0.3) is 0 Å². The van der Waals surface area contributed by atoms with E-state index in [0.717, 1.165) is 25.0 Å². The van der Waals surface area contributed by atoms with Crippen molar-refractivity contribution in [3.8, 4) is 0 Å². The van der Waals surface area contributed by atoms with E-state index in [9.17, 15) is 4.79 Å². The molecule has 0 aliphatic heterocycles. The van der Waals surface area contributed by atoms with E-state index in [0.29, 0.717) is 19.8 Å². The van der Waals surface area contributed by atoms with Crippen LogP contribution in [0.1, 0.15) is 39.5 Å². The summed E-state index contributed by atoms with van der Waals surface area (Å²) in [6, 6.07) is 0. The molecule has 0 unspecified atom stereocenters. The second-order valence-corrected chi connectivity index (χ2v) is 9.80. The van der Waals surface area contributed by atoms with Crippen molar-refractivity contribution in [3.63, 3.8) is 0 Å². The van der Waals surface area contributed by atoms with Gasteiger partial charge in [-0.05, 0) is 52.8 Å². The van der Waals surface area contributed by atoms with E-state index < -0.39 is 8.32 Å². The van der Waals surface area contributed by atoms with Gasteiger partial charge in [0.15, 0.2) is 8.32 Å². The van der Waals surface area contributed by atoms with Crippen LogP contribution < -0.4 is 0 Å². The third-order valence-corrected chi connectivity index (χ3v) is 3.30. The molecule has 0 aromatic heterocycles. The average Bonchev–Trinajstić information content (AvgIpc) is 2.23. The molecule has 0 bridgehead atoms. The summed E-state index contributed by atoms with van der Waals surface area (Å²) >= 11 is 0. The van der Waals surface area contributed by atoms with Crippen molar-refractivity contribution in [3.05, 3.63) is 0 Å². The van der Waals surface area contributed by atoms with Crippen LogP contribution in [0.5, 0.6) is 0 Å². The highest BCUT2D eigenvalue weighted by Crippen LogP contribution is 2.05. The Balaban J connectivity index is 3.61. The summed E-state index contributed by atoms with van der Waals surface area (Å²) in [7, 11) is -1.45. The van der Waals surface area contributed by atoms with E-state index in [-0.39, 0.29) is 5.97 Å². The van der Waals surface area contributed by atoms with Crippen molar-refractivity contribution >= 4 is 20.0 Å². The maximum absolute atomic E-state index is 11.1. The molecule has 5 heteroatoms. The summed E-state index contributed by atoms with van der Waals surface area (Å²) in [5, 5.41) is 0. The zero-order chi connectivity index (χ0) is 14.0. The van der Waals surface area contributed by atoms with Crippen LogP contribution in [0.4, 0.5) is 0 Å². The van der Waals surface area contributed by atoms with Gasteiger partial charge in [-0.15, -0.1) is 0 Å². The van der Waals surface area contributed by atoms with Crippen molar-refractivity contribution in [2.75, 3.05) is 13.3 Å². The van der Waals surface area contributed by atoms with Gasteiger partial charge in [0.05, 0.1) is 6.61 Å². The Hall–Kier alpha value is -0.683. The molecule has 18 heavy (non-hydrogen) atoms. The highest BCUT2D eigenvalue weighted by atomic mass is 28.4. The zero-order valence-corrected chi connectivity index (χ0v) is 13.4. The molecule has 0 heterocycles. The fourth-order valence-corrected chi connectivity index (χ4v) is 1.75. The van der Waals surface area contributed by atoms with Gasteiger partial charge in [0.1, 0.15) is 6.73 Å². The quantitative estimate of drug-likeness (QED) is 0.280. The second kappa shape index (κ2) is 9.27. The van der Waals surface area contributed by atoms with Crippen LogP contribution in [0.3, 0.4) is 0 Å². The Morgan fingerprint density at radius 1 is 1.17 bits per heavy atom. The SMILES string of the molecule is CCOC(=O)CCCC/C(C)=N\CO[Si](C)(C)C. The van der Waals surface area contributed by atoms with Gasteiger partial charge in [-0.1, -0.05) is 0 Å². The number of ether oxygens (including phenoxy) is 1. The number of hydrogen-bond acceptors (Lipinski definition) is 4. The molecule has 106 valence electrons. The normalized spacial score (nSPS) is 12.6. The molecule has 0 fully saturated rings. The van der Waals surface area contributed by atoms with E-state index in [1.807, 2.05) is 13.8 Å². The van der Waals surface area contributed by atoms with Gasteiger partial charge < -0.3 is 9.16 Å². The summed E-state index contributed by atoms with van der Waals surface area (Å²) in [6.07, 6.45) is 3.27. The van der Waals surface area contributed by atoms with Crippen LogP contribution in [0, 0.1) is 0 Å². The van der Waals surface area contributed by atoms with Gasteiger partial charge in [0.2, 0.25) is 0 Å². The molecule has 0 aliphatic carbocycles. The third kappa shape index (κ3) is 11.8. The second-order valence-electron chi connectivity index (χ2n) is 5.29. The van der Waals surface area contributed by atoms with E-state index in [1.165, 1.54) is 0 Å². The first kappa shape index (κ1) is 17.3. The van der Waals surface area contributed by atoms with Crippen molar-refractivity contribution in [1.29, 1.82) is 0 Å². The summed E-state index contributed by atoms with van der Waals surface area (Å²) < 4.78 is 10.5. The zero-order valence-electron chi connectivity index (χ0n) is 12.4. The van der Waals surface area contributed by atoms with Crippen LogP contribution >= 0.6 is 0 Å². The average molecular weight is 273 g/mol. The standard InChI is InChI=1S/C13H27NO3Si/c1-6-16-13(15)10-8-7-9-12(2)14-11-17-18(3,4)5/h6-11H2,1-5H3/b14-12-. The number of aliphatic imine (C=N–C) groups is 1. The molecule has 0 saturated heterocycles. The molecular formula is C13H27NO3Si. The molecule has 0 spiro atoms. The Bertz CT molecular complexity index is 272. The van der Waals surface area contributed by atoms with Crippen LogP contribution in [0.2, 0.25) is 19.6 Å². The topological polar surface area (TPSA) is 47.9 Å². The largest absolute Gasteiger partial charge is 0.466 e. The predicted molar refractivity (Wildman–Crippen MR) is 77.5 cm³/mol. The molecule has 0 saturated carbocycles. The number of carbonyl (C=O) groups excluding carboxylic acids is 1. The molecule has 0 aromatic rings. The lowest BCUT2D eigenvalue weighted by Crippen LogP contribution is -2.25. The van der Waals surface area contributed by atoms with Crippen molar-refractivity contribution in [2.24, 2.45) is 4.99 Å². The van der Waals surface area contributed by atoms with Crippen LogP contribution in [-0.2, 0) is 14.0 Å². The van der Waals surface area contributed by atoms with Gasteiger partial charge in [-0.3, -0.25) is 9.79 Å². The smallest absolute Gasteiger partial charge is 0.305 e. The summed E-state index contributed by atoms with van der Waals surface area (Å²) in [5.41, 5.74) is 1.09. The van der Waals surface area contributed by atoms with Crippen LogP contribution in [-0.4, -0.2) is 33.3 Å². The first-order chi connectivity index (χ1) is 8.35. The first-order valence-electron chi connectivity index (χ1n) is 6.64. The van der Waals surface area contributed by atoms with Crippen molar-refractivity contribution in [2.45, 2.75) is 59.2 Å². The summed E-state index contributed by atoms with van der Waals surface area (Å²) in [5.74, 6) is -0.103. The molecule has 4 nitrogen and oxygen atoms in total. The van der Waals surface area contributed by atoms with Gasteiger partial charge in [0, 0.05) is 12.1 Å². The minimum atomic E-state index is -1.45. The number of esters is 1. The number of unbranched alkanes of at least 4 members (excludes halogenated alkanes) is 1. The fraction of sp³-hybridized carbons (Fsp3) is 0.846. The van der Waals surface area contributed by atoms with Crippen molar-refractivity contribution < 1.29 is 14.0 Å². The van der Waals surface area contributed by atoms with Gasteiger partial charge in [-0.2, -0.15) is 0 Å². The number of nitrogens with zero attached hydrogens (tertiary/aromatic N) is 1. The monoisotopic (exact) mass is 273 g/mol. The predicted octanol–water partition coefficient (Wildman–Crippen LogP) is 3.38. The van der Waals surface area contributed by atoms with Gasteiger partial charge in [-0.25, -0.2) is 0 Å². The minimum absolute atomic E-state index is 0.103. The molecule has 0 atom stereocenters. The maximum Gasteiger partial charge on any atom is 0.305 e. The molecule has 0 radical (unpaired) electrons. The first-order valence-corrected chi connectivity index (χ1v) is 10.1. The molecule has 0 aromatic carbocycles. The number of hydrogen-bond donors (Lipinski definition) is 0. The Morgan fingerprint density at radius 2 is 1.78 bits per heavy atom. The highest BCUT2D eigenvalue weighted by Gasteiger charge is 2.12. The van der Waals surface area contributed by atoms with Crippen molar-refractivity contribution in [1.82, 2.24) is 0 Å². The number of rotatable bonds is 9. The molecular weight excluding hydrogens is 246 g/mol. The van der Waals surface area contributed by atoms with E-state index in [1.54, 1.807) is 0 Å². The lowest BCUT2D eigenvalue weighted by atomic mass is 10.1. The molecule has 0 rings (SSSR count). The molecule has 0 amide bonds. The van der Waals surface area contributed by atoms with Gasteiger partial charge >= 0.3 is 5.97 Å². The molecule has 0 N–H and O–H groups in total. The Labute approximate surface area is 112 Å². The lowest BCUT2D eigenvalue weighted by molar-refractivity contribution is -0.143. The maximum atomic E-state index is 11.1. The number of carbonyl (C=O) groups is 1. The highest BCUT2D eigenvalue weighted by molar-refractivity contribution is 6.69. The van der Waals surface area contributed by atoms with Crippen LogP contribution in [0.15, 0.2) is 4.99 Å². The van der Waals surface area contributed by atoms with E-state index in [4.69, 9.17) is 9.16 Å². The summed E-state index contributed by atoms with van der Waals surface area (Å²) in [4.78, 5) is 15.5. The summed E-state index contributed by atoms with van der Waals surface area (Å²) in [6.45, 7) is 11.2. The third-order valence-electron chi connectivity index (χ3n) is 2.31. The Morgan fingerprint density at radius 3 is 2.33 bits per heavy atom. The fourth-order valence-electron chi connectivity index (χ4n) is 1.30. The minimum Gasteiger partial charge on any atom is -0.466 e. The van der Waals surface area contributed by atoms with E-state index >= 15 is 0 Å².